The third-order valence-electron chi connectivity index (χ3n) is 5.44. The molecule has 1 atom stereocenters. The van der Waals surface area contributed by atoms with Gasteiger partial charge in [0.05, 0.1) is 11.8 Å². The number of halogens is 1. The van der Waals surface area contributed by atoms with Crippen LogP contribution in [0, 0.1) is 11.8 Å². The molecule has 2 aliphatic rings. The Bertz CT molecular complexity index is 861. The first-order valence-electron chi connectivity index (χ1n) is 9.80. The predicted octanol–water partition coefficient (Wildman–Crippen LogP) is 3.51. The molecule has 1 aromatic carbocycles. The number of rotatable bonds is 8. The van der Waals surface area contributed by atoms with Gasteiger partial charge in [-0.15, -0.1) is 0 Å². The molecule has 0 unspecified atom stereocenters. The van der Waals surface area contributed by atoms with Crippen molar-refractivity contribution in [2.45, 2.75) is 38.2 Å². The van der Waals surface area contributed by atoms with Gasteiger partial charge in [-0.25, -0.2) is 9.97 Å². The van der Waals surface area contributed by atoms with Crippen LogP contribution in [-0.4, -0.2) is 39.7 Å². The molecule has 7 heteroatoms. The maximum absolute atomic E-state index is 12.6. The van der Waals surface area contributed by atoms with Gasteiger partial charge in [-0.05, 0) is 56.6 Å². The van der Waals surface area contributed by atoms with Crippen LogP contribution in [0.5, 0.6) is 0 Å². The number of carbonyl (C=O) groups excluding carboxylic acids is 1. The van der Waals surface area contributed by atoms with E-state index >= 15 is 0 Å². The third kappa shape index (κ3) is 4.62. The van der Waals surface area contributed by atoms with Crippen molar-refractivity contribution in [3.63, 3.8) is 0 Å². The molecule has 2 saturated carbocycles. The molecule has 0 spiro atoms. The lowest BCUT2D eigenvalue weighted by Crippen LogP contribution is -2.42. The molecule has 1 amide bonds. The van der Waals surface area contributed by atoms with Gasteiger partial charge in [0.1, 0.15) is 11.4 Å². The lowest BCUT2D eigenvalue weighted by atomic mass is 10.0. The lowest BCUT2D eigenvalue weighted by Gasteiger charge is -2.23. The lowest BCUT2D eigenvalue weighted by molar-refractivity contribution is 0.0353. The second-order valence-electron chi connectivity index (χ2n) is 8.10. The Hall–Kier alpha value is -2.18. The van der Waals surface area contributed by atoms with Gasteiger partial charge in [0.25, 0.3) is 5.91 Å². The molecule has 2 aliphatic carbocycles. The molecular formula is C21H25ClN4O2. The Morgan fingerprint density at radius 2 is 1.96 bits per heavy atom. The number of nitrogens with one attached hydrogen (secondary N) is 2. The van der Waals surface area contributed by atoms with Gasteiger partial charge in [0.15, 0.2) is 5.82 Å². The molecule has 148 valence electrons. The van der Waals surface area contributed by atoms with E-state index in [1.54, 1.807) is 19.1 Å². The van der Waals surface area contributed by atoms with Crippen LogP contribution in [0.3, 0.4) is 0 Å². The Morgan fingerprint density at radius 3 is 2.61 bits per heavy atom. The summed E-state index contributed by atoms with van der Waals surface area (Å²) in [6, 6.07) is 7.33. The molecule has 4 rings (SSSR count). The van der Waals surface area contributed by atoms with Crippen molar-refractivity contribution in [1.29, 1.82) is 0 Å². The fourth-order valence-electron chi connectivity index (χ4n) is 3.20. The molecule has 3 N–H and O–H groups in total. The fourth-order valence-corrected chi connectivity index (χ4v) is 3.33. The Kier molecular flexibility index (Phi) is 5.25. The number of benzene rings is 1. The Morgan fingerprint density at radius 1 is 1.25 bits per heavy atom. The summed E-state index contributed by atoms with van der Waals surface area (Å²) in [5.74, 6) is 1.28. The van der Waals surface area contributed by atoms with Crippen LogP contribution in [0.25, 0.3) is 11.3 Å². The first-order valence-corrected chi connectivity index (χ1v) is 10.2. The summed E-state index contributed by atoms with van der Waals surface area (Å²) in [6.07, 6.45) is 5.96. The molecule has 2 aromatic rings. The summed E-state index contributed by atoms with van der Waals surface area (Å²) in [7, 11) is 0. The number of amides is 1. The third-order valence-corrected chi connectivity index (χ3v) is 5.69. The molecule has 0 bridgehead atoms. The summed E-state index contributed by atoms with van der Waals surface area (Å²) in [6.45, 7) is 2.82. The summed E-state index contributed by atoms with van der Waals surface area (Å²) < 4.78 is 0. The van der Waals surface area contributed by atoms with Crippen molar-refractivity contribution in [1.82, 2.24) is 15.3 Å². The van der Waals surface area contributed by atoms with E-state index in [1.165, 1.54) is 19.0 Å². The minimum atomic E-state index is -0.881. The van der Waals surface area contributed by atoms with Crippen LogP contribution in [0.4, 0.5) is 5.82 Å². The second-order valence-corrected chi connectivity index (χ2v) is 8.53. The van der Waals surface area contributed by atoms with E-state index in [0.717, 1.165) is 24.9 Å². The van der Waals surface area contributed by atoms with Crippen molar-refractivity contribution >= 4 is 23.3 Å². The van der Waals surface area contributed by atoms with Gasteiger partial charge in [-0.1, -0.05) is 23.7 Å². The molecule has 0 aliphatic heterocycles. The van der Waals surface area contributed by atoms with Crippen molar-refractivity contribution < 1.29 is 9.90 Å². The number of anilines is 1. The minimum Gasteiger partial charge on any atom is -0.388 e. The SMILES string of the molecule is C[C@](O)(CNC(=O)c1cnc(NCC2CC2)c(-c2ccc(Cl)cc2)n1)C1CC1. The van der Waals surface area contributed by atoms with Crippen LogP contribution >= 0.6 is 11.6 Å². The monoisotopic (exact) mass is 400 g/mol. The van der Waals surface area contributed by atoms with E-state index in [4.69, 9.17) is 11.6 Å². The van der Waals surface area contributed by atoms with Gasteiger partial charge < -0.3 is 15.7 Å². The predicted molar refractivity (Wildman–Crippen MR) is 109 cm³/mol. The van der Waals surface area contributed by atoms with Crippen molar-refractivity contribution in [3.05, 3.63) is 41.2 Å². The van der Waals surface area contributed by atoms with Gasteiger partial charge >= 0.3 is 0 Å². The topological polar surface area (TPSA) is 87.1 Å². The Balaban J connectivity index is 1.54. The summed E-state index contributed by atoms with van der Waals surface area (Å²) in [5, 5.41) is 17.2. The van der Waals surface area contributed by atoms with Crippen LogP contribution in [0.15, 0.2) is 30.5 Å². The molecule has 1 heterocycles. The molecule has 28 heavy (non-hydrogen) atoms. The summed E-state index contributed by atoms with van der Waals surface area (Å²) in [5.41, 5.74) is 0.815. The highest BCUT2D eigenvalue weighted by Crippen LogP contribution is 2.39. The van der Waals surface area contributed by atoms with Crippen molar-refractivity contribution in [2.75, 3.05) is 18.4 Å². The maximum atomic E-state index is 12.6. The first kappa shape index (κ1) is 19.2. The quantitative estimate of drug-likeness (QED) is 0.631. The first-order chi connectivity index (χ1) is 13.4. The zero-order chi connectivity index (χ0) is 19.7. The molecular weight excluding hydrogens is 376 g/mol. The molecule has 2 fully saturated rings. The van der Waals surface area contributed by atoms with Crippen molar-refractivity contribution in [2.24, 2.45) is 11.8 Å². The molecule has 6 nitrogen and oxygen atoms in total. The van der Waals surface area contributed by atoms with Crippen LogP contribution in [0.2, 0.25) is 5.02 Å². The molecule has 0 radical (unpaired) electrons. The largest absolute Gasteiger partial charge is 0.388 e. The number of aromatic nitrogens is 2. The summed E-state index contributed by atoms with van der Waals surface area (Å²) in [4.78, 5) is 21.6. The van der Waals surface area contributed by atoms with E-state index in [-0.39, 0.29) is 24.1 Å². The fraction of sp³-hybridized carbons (Fsp3) is 0.476. The average molecular weight is 401 g/mol. The normalized spacial score (nSPS) is 18.4. The zero-order valence-electron chi connectivity index (χ0n) is 15.9. The second kappa shape index (κ2) is 7.68. The minimum absolute atomic E-state index is 0.205. The van der Waals surface area contributed by atoms with Gasteiger partial charge in [0, 0.05) is 23.7 Å². The summed E-state index contributed by atoms with van der Waals surface area (Å²) >= 11 is 6.01. The van der Waals surface area contributed by atoms with E-state index < -0.39 is 5.60 Å². The standard InChI is InChI=1S/C21H25ClN4O2/c1-21(28,15-6-7-15)12-25-20(27)17-11-24-19(23-10-13-2-3-13)18(26-17)14-4-8-16(22)9-5-14/h4-5,8-9,11,13,15,28H,2-3,6-7,10,12H2,1H3,(H,23,24)(H,25,27)/t21-/m0/s1. The van der Waals surface area contributed by atoms with Crippen LogP contribution < -0.4 is 10.6 Å². The van der Waals surface area contributed by atoms with Crippen LogP contribution in [0.1, 0.15) is 43.1 Å². The van der Waals surface area contributed by atoms with Crippen molar-refractivity contribution in [3.8, 4) is 11.3 Å². The highest BCUT2D eigenvalue weighted by molar-refractivity contribution is 6.30. The number of nitrogens with zero attached hydrogens (tertiary/aromatic N) is 2. The van der Waals surface area contributed by atoms with Gasteiger partial charge in [-0.2, -0.15) is 0 Å². The number of carbonyl (C=O) groups is 1. The number of hydrogen-bond donors (Lipinski definition) is 3. The molecule has 1 aromatic heterocycles. The maximum Gasteiger partial charge on any atom is 0.271 e. The van der Waals surface area contributed by atoms with Gasteiger partial charge in [0.2, 0.25) is 0 Å². The molecule has 0 saturated heterocycles. The average Bonchev–Trinajstić information content (AvgIpc) is 3.57. The van der Waals surface area contributed by atoms with E-state index in [2.05, 4.69) is 20.6 Å². The Labute approximate surface area is 169 Å². The number of aliphatic hydroxyl groups is 1. The van der Waals surface area contributed by atoms with Crippen LogP contribution in [-0.2, 0) is 0 Å². The van der Waals surface area contributed by atoms with E-state index in [9.17, 15) is 9.90 Å². The van der Waals surface area contributed by atoms with E-state index in [1.807, 2.05) is 12.1 Å². The van der Waals surface area contributed by atoms with E-state index in [0.29, 0.717) is 22.5 Å². The highest BCUT2D eigenvalue weighted by Gasteiger charge is 2.40. The zero-order valence-corrected chi connectivity index (χ0v) is 16.7. The smallest absolute Gasteiger partial charge is 0.271 e. The highest BCUT2D eigenvalue weighted by atomic mass is 35.5. The number of hydrogen-bond acceptors (Lipinski definition) is 5. The van der Waals surface area contributed by atoms with Gasteiger partial charge in [-0.3, -0.25) is 4.79 Å².